The zero-order chi connectivity index (χ0) is 18.7. The van der Waals surface area contributed by atoms with Crippen molar-refractivity contribution in [3.05, 3.63) is 41.1 Å². The van der Waals surface area contributed by atoms with E-state index < -0.39 is 11.6 Å². The van der Waals surface area contributed by atoms with Gasteiger partial charge in [-0.3, -0.25) is 10.00 Å². The van der Waals surface area contributed by atoms with Crippen LogP contribution in [0, 0.1) is 24.5 Å². The van der Waals surface area contributed by atoms with Gasteiger partial charge < -0.3 is 4.90 Å². The van der Waals surface area contributed by atoms with Gasteiger partial charge in [-0.15, -0.1) is 5.10 Å². The van der Waals surface area contributed by atoms with Crippen molar-refractivity contribution in [1.82, 2.24) is 19.9 Å². The minimum atomic E-state index is -0.552. The highest BCUT2D eigenvalue weighted by Gasteiger charge is 2.24. The number of amides is 2. The quantitative estimate of drug-likeness (QED) is 0.907. The standard InChI is InChI=1S/C18H23F2N5O/c1-12-17(22-23-24(12)2)21-18(26)25-9-7-13(8-10-25)3-4-14-5-6-15(19)11-16(14)20/h5-6,11,13H,3-4,7-10H2,1-2H3,(H,21,26). The van der Waals surface area contributed by atoms with Gasteiger partial charge >= 0.3 is 6.03 Å². The van der Waals surface area contributed by atoms with Crippen molar-refractivity contribution in [2.45, 2.75) is 32.6 Å². The third kappa shape index (κ3) is 4.17. The first-order valence-electron chi connectivity index (χ1n) is 8.80. The second kappa shape index (κ2) is 7.80. The number of nitrogens with zero attached hydrogens (tertiary/aromatic N) is 4. The molecule has 0 saturated carbocycles. The lowest BCUT2D eigenvalue weighted by atomic mass is 9.90. The number of piperidine rings is 1. The van der Waals surface area contributed by atoms with E-state index in [1.807, 2.05) is 6.92 Å². The molecule has 2 heterocycles. The van der Waals surface area contributed by atoms with Gasteiger partial charge in [0.05, 0.1) is 5.69 Å². The molecular formula is C18H23F2N5O. The molecule has 0 bridgehead atoms. The number of halogens is 2. The lowest BCUT2D eigenvalue weighted by molar-refractivity contribution is 0.180. The van der Waals surface area contributed by atoms with E-state index in [2.05, 4.69) is 15.6 Å². The maximum atomic E-state index is 13.7. The summed E-state index contributed by atoms with van der Waals surface area (Å²) in [7, 11) is 1.77. The molecule has 3 rings (SSSR count). The van der Waals surface area contributed by atoms with Crippen LogP contribution in [0.25, 0.3) is 0 Å². The van der Waals surface area contributed by atoms with Gasteiger partial charge in [0.15, 0.2) is 5.82 Å². The van der Waals surface area contributed by atoms with E-state index in [4.69, 9.17) is 0 Å². The molecule has 8 heteroatoms. The fourth-order valence-electron chi connectivity index (χ4n) is 3.21. The Morgan fingerprint density at radius 2 is 2.04 bits per heavy atom. The molecule has 1 fully saturated rings. The van der Waals surface area contributed by atoms with Crippen LogP contribution in [0.2, 0.25) is 0 Å². The van der Waals surface area contributed by atoms with Crippen molar-refractivity contribution in [3.63, 3.8) is 0 Å². The number of likely N-dealkylation sites (tertiary alicyclic amines) is 1. The van der Waals surface area contributed by atoms with Gasteiger partial charge in [0.25, 0.3) is 0 Å². The molecule has 0 radical (unpaired) electrons. The van der Waals surface area contributed by atoms with Crippen molar-refractivity contribution in [3.8, 4) is 0 Å². The van der Waals surface area contributed by atoms with E-state index in [1.165, 1.54) is 12.1 Å². The van der Waals surface area contributed by atoms with Crippen LogP contribution in [0.3, 0.4) is 0 Å². The predicted molar refractivity (Wildman–Crippen MR) is 93.7 cm³/mol. The Morgan fingerprint density at radius 1 is 1.31 bits per heavy atom. The average Bonchev–Trinajstić information content (AvgIpc) is 2.93. The maximum absolute atomic E-state index is 13.7. The van der Waals surface area contributed by atoms with Crippen LogP contribution in [-0.2, 0) is 13.5 Å². The Kier molecular flexibility index (Phi) is 5.49. The number of benzene rings is 1. The summed E-state index contributed by atoms with van der Waals surface area (Å²) in [5.41, 5.74) is 1.35. The van der Waals surface area contributed by atoms with Crippen LogP contribution in [0.5, 0.6) is 0 Å². The lowest BCUT2D eigenvalue weighted by Crippen LogP contribution is -2.41. The Hall–Kier alpha value is -2.51. The first-order chi connectivity index (χ1) is 12.4. The number of hydrogen-bond donors (Lipinski definition) is 1. The molecule has 1 aliphatic rings. The summed E-state index contributed by atoms with van der Waals surface area (Å²) < 4.78 is 28.3. The van der Waals surface area contributed by atoms with Gasteiger partial charge in [0.1, 0.15) is 11.6 Å². The average molecular weight is 363 g/mol. The molecule has 1 N–H and O–H groups in total. The van der Waals surface area contributed by atoms with Gasteiger partial charge in [-0.05, 0) is 50.2 Å². The first-order valence-corrected chi connectivity index (χ1v) is 8.80. The summed E-state index contributed by atoms with van der Waals surface area (Å²) >= 11 is 0. The molecule has 1 aromatic carbocycles. The zero-order valence-corrected chi connectivity index (χ0v) is 15.0. The fraction of sp³-hybridized carbons (Fsp3) is 0.500. The highest BCUT2D eigenvalue weighted by Crippen LogP contribution is 2.24. The fourth-order valence-corrected chi connectivity index (χ4v) is 3.21. The van der Waals surface area contributed by atoms with Crippen molar-refractivity contribution < 1.29 is 13.6 Å². The van der Waals surface area contributed by atoms with Gasteiger partial charge in [-0.25, -0.2) is 13.6 Å². The van der Waals surface area contributed by atoms with Crippen LogP contribution in [0.1, 0.15) is 30.5 Å². The Balaban J connectivity index is 1.46. The molecule has 26 heavy (non-hydrogen) atoms. The molecular weight excluding hydrogens is 340 g/mol. The molecule has 2 aromatic rings. The number of rotatable bonds is 4. The first kappa shape index (κ1) is 18.3. The summed E-state index contributed by atoms with van der Waals surface area (Å²) in [5, 5.41) is 10.6. The highest BCUT2D eigenvalue weighted by molar-refractivity contribution is 5.88. The third-order valence-corrected chi connectivity index (χ3v) is 5.07. The minimum absolute atomic E-state index is 0.170. The monoisotopic (exact) mass is 363 g/mol. The minimum Gasteiger partial charge on any atom is -0.324 e. The van der Waals surface area contributed by atoms with E-state index in [0.717, 1.165) is 31.0 Å². The molecule has 1 aromatic heterocycles. The van der Waals surface area contributed by atoms with E-state index in [1.54, 1.807) is 16.6 Å². The number of carbonyl (C=O) groups is 1. The summed E-state index contributed by atoms with van der Waals surface area (Å²) in [6.07, 6.45) is 3.16. The van der Waals surface area contributed by atoms with Gasteiger partial charge in [-0.1, -0.05) is 11.3 Å². The van der Waals surface area contributed by atoms with Gasteiger partial charge in [-0.2, -0.15) is 0 Å². The van der Waals surface area contributed by atoms with Crippen molar-refractivity contribution >= 4 is 11.8 Å². The lowest BCUT2D eigenvalue weighted by Gasteiger charge is -2.31. The molecule has 0 spiro atoms. The smallest absolute Gasteiger partial charge is 0.323 e. The summed E-state index contributed by atoms with van der Waals surface area (Å²) in [6, 6.07) is 3.56. The Bertz CT molecular complexity index is 784. The largest absolute Gasteiger partial charge is 0.324 e. The molecule has 0 atom stereocenters. The number of hydrogen-bond acceptors (Lipinski definition) is 3. The number of urea groups is 1. The van der Waals surface area contributed by atoms with Gasteiger partial charge in [0.2, 0.25) is 0 Å². The van der Waals surface area contributed by atoms with Crippen molar-refractivity contribution in [1.29, 1.82) is 0 Å². The predicted octanol–water partition coefficient (Wildman–Crippen LogP) is 3.28. The summed E-state index contributed by atoms with van der Waals surface area (Å²) in [4.78, 5) is 14.1. The molecule has 0 unspecified atom stereocenters. The SMILES string of the molecule is Cc1c(NC(=O)N2CCC(CCc3ccc(F)cc3F)CC2)nnn1C. The van der Waals surface area contributed by atoms with E-state index in [0.29, 0.717) is 36.8 Å². The van der Waals surface area contributed by atoms with Crippen molar-refractivity contribution in [2.24, 2.45) is 13.0 Å². The topological polar surface area (TPSA) is 63.1 Å². The van der Waals surface area contributed by atoms with E-state index in [9.17, 15) is 13.6 Å². The number of aromatic nitrogens is 3. The number of nitrogens with one attached hydrogen (secondary N) is 1. The maximum Gasteiger partial charge on any atom is 0.323 e. The van der Waals surface area contributed by atoms with Crippen LogP contribution in [0.4, 0.5) is 19.4 Å². The van der Waals surface area contributed by atoms with Gasteiger partial charge in [0, 0.05) is 26.2 Å². The summed E-state index contributed by atoms with van der Waals surface area (Å²) in [6.45, 7) is 3.15. The number of anilines is 1. The third-order valence-electron chi connectivity index (χ3n) is 5.07. The van der Waals surface area contributed by atoms with Crippen LogP contribution in [0.15, 0.2) is 18.2 Å². The van der Waals surface area contributed by atoms with Crippen LogP contribution in [-0.4, -0.2) is 39.0 Å². The second-order valence-corrected chi connectivity index (χ2v) is 6.78. The molecule has 140 valence electrons. The normalized spacial score (nSPS) is 15.3. The second-order valence-electron chi connectivity index (χ2n) is 6.78. The molecule has 1 aliphatic heterocycles. The Morgan fingerprint density at radius 3 is 2.65 bits per heavy atom. The number of carbonyl (C=O) groups excluding carboxylic acids is 1. The van der Waals surface area contributed by atoms with Crippen LogP contribution < -0.4 is 5.32 Å². The van der Waals surface area contributed by atoms with Crippen molar-refractivity contribution in [2.75, 3.05) is 18.4 Å². The summed E-state index contributed by atoms with van der Waals surface area (Å²) in [5.74, 6) is -0.127. The highest BCUT2D eigenvalue weighted by atomic mass is 19.1. The zero-order valence-electron chi connectivity index (χ0n) is 15.0. The Labute approximate surface area is 151 Å². The molecule has 1 saturated heterocycles. The molecule has 6 nitrogen and oxygen atoms in total. The van der Waals surface area contributed by atoms with E-state index in [-0.39, 0.29) is 6.03 Å². The molecule has 2 amide bonds. The van der Waals surface area contributed by atoms with E-state index >= 15 is 0 Å². The number of aryl methyl sites for hydroxylation is 2. The van der Waals surface area contributed by atoms with Crippen LogP contribution >= 0.6 is 0 Å². The molecule has 0 aliphatic carbocycles.